The average Bonchev–Trinajstić information content (AvgIpc) is 2.74. The second-order valence-corrected chi connectivity index (χ2v) is 3.58. The molecule has 0 bridgehead atoms. The van der Waals surface area contributed by atoms with E-state index in [9.17, 15) is 0 Å². The van der Waals surface area contributed by atoms with Crippen LogP contribution in [0.15, 0.2) is 24.4 Å². The highest BCUT2D eigenvalue weighted by atomic mass is 15.3. The molecule has 0 amide bonds. The third-order valence-electron chi connectivity index (χ3n) is 2.25. The van der Waals surface area contributed by atoms with Crippen molar-refractivity contribution >= 4 is 11.5 Å². The number of aromatic nitrogens is 3. The minimum atomic E-state index is 0.232. The summed E-state index contributed by atoms with van der Waals surface area (Å²) in [5.74, 6) is 0.612. The van der Waals surface area contributed by atoms with Gasteiger partial charge in [-0.15, -0.1) is 0 Å². The van der Waals surface area contributed by atoms with E-state index in [0.29, 0.717) is 18.1 Å². The summed E-state index contributed by atoms with van der Waals surface area (Å²) in [5.41, 5.74) is 7.11. The molecule has 3 N–H and O–H groups in total. The van der Waals surface area contributed by atoms with Gasteiger partial charge in [0, 0.05) is 13.2 Å². The second-order valence-electron chi connectivity index (χ2n) is 3.58. The van der Waals surface area contributed by atoms with E-state index in [1.807, 2.05) is 25.4 Å². The van der Waals surface area contributed by atoms with Gasteiger partial charge in [-0.05, 0) is 18.2 Å². The van der Waals surface area contributed by atoms with Crippen molar-refractivity contribution in [1.82, 2.24) is 14.8 Å². The average molecular weight is 228 g/mol. The summed E-state index contributed by atoms with van der Waals surface area (Å²) in [6, 6.07) is 7.25. The predicted octanol–water partition coefficient (Wildman–Crippen LogP) is 0.881. The number of nitrogens with one attached hydrogen (secondary N) is 1. The highest BCUT2D eigenvalue weighted by molar-refractivity contribution is 5.54. The molecule has 6 heteroatoms. The summed E-state index contributed by atoms with van der Waals surface area (Å²) in [5, 5.41) is 16.1. The molecule has 0 saturated carbocycles. The molecule has 2 aromatic heterocycles. The van der Waals surface area contributed by atoms with Crippen LogP contribution in [0.25, 0.3) is 0 Å². The zero-order valence-corrected chi connectivity index (χ0v) is 9.38. The highest BCUT2D eigenvalue weighted by Crippen LogP contribution is 2.12. The Labute approximate surface area is 98.7 Å². The topological polar surface area (TPSA) is 92.6 Å². The lowest BCUT2D eigenvalue weighted by Crippen LogP contribution is -2.04. The van der Waals surface area contributed by atoms with Crippen molar-refractivity contribution < 1.29 is 0 Å². The van der Waals surface area contributed by atoms with Crippen molar-refractivity contribution in [1.29, 1.82) is 5.26 Å². The van der Waals surface area contributed by atoms with Crippen molar-refractivity contribution in [3.8, 4) is 6.07 Å². The summed E-state index contributed by atoms with van der Waals surface area (Å²) in [6.07, 6.45) is 1.87. The molecule has 0 unspecified atom stereocenters. The van der Waals surface area contributed by atoms with Gasteiger partial charge < -0.3 is 11.1 Å². The van der Waals surface area contributed by atoms with Crippen molar-refractivity contribution in [3.63, 3.8) is 0 Å². The zero-order valence-electron chi connectivity index (χ0n) is 9.38. The molecule has 0 aliphatic carbocycles. The molecule has 6 nitrogen and oxygen atoms in total. The van der Waals surface area contributed by atoms with E-state index < -0.39 is 0 Å². The minimum absolute atomic E-state index is 0.232. The lowest BCUT2D eigenvalue weighted by molar-refractivity contribution is 0.747. The predicted molar refractivity (Wildman–Crippen MR) is 63.9 cm³/mol. The molecule has 2 heterocycles. The van der Waals surface area contributed by atoms with Crippen LogP contribution in [0, 0.1) is 11.3 Å². The molecule has 17 heavy (non-hydrogen) atoms. The van der Waals surface area contributed by atoms with E-state index in [1.165, 1.54) is 0 Å². The molecule has 2 rings (SSSR count). The Balaban J connectivity index is 2.07. The third-order valence-corrected chi connectivity index (χ3v) is 2.25. The number of hydrogen-bond donors (Lipinski definition) is 2. The van der Waals surface area contributed by atoms with Gasteiger partial charge in [0.25, 0.3) is 0 Å². The molecule has 86 valence electrons. The van der Waals surface area contributed by atoms with Gasteiger partial charge in [-0.3, -0.25) is 4.68 Å². The van der Waals surface area contributed by atoms with Crippen molar-refractivity contribution in [2.45, 2.75) is 6.54 Å². The fraction of sp³-hybridized carbons (Fsp3) is 0.182. The van der Waals surface area contributed by atoms with E-state index in [4.69, 9.17) is 11.0 Å². The smallest absolute Gasteiger partial charge is 0.165 e. The van der Waals surface area contributed by atoms with Gasteiger partial charge in [0.2, 0.25) is 0 Å². The fourth-order valence-electron chi connectivity index (χ4n) is 1.40. The summed E-state index contributed by atoms with van der Waals surface area (Å²) in [4.78, 5) is 4.08. The normalized spacial score (nSPS) is 9.88. The van der Waals surface area contributed by atoms with E-state index in [2.05, 4.69) is 15.4 Å². The van der Waals surface area contributed by atoms with Crippen LogP contribution in [-0.2, 0) is 13.6 Å². The Kier molecular flexibility index (Phi) is 2.92. The maximum atomic E-state index is 8.80. The first-order valence-corrected chi connectivity index (χ1v) is 5.08. The Morgan fingerprint density at radius 2 is 2.29 bits per heavy atom. The van der Waals surface area contributed by atoms with Crippen molar-refractivity contribution in [2.75, 3.05) is 11.1 Å². The van der Waals surface area contributed by atoms with E-state index in [0.717, 1.165) is 5.69 Å². The summed E-state index contributed by atoms with van der Waals surface area (Å²) >= 11 is 0. The van der Waals surface area contributed by atoms with Crippen molar-refractivity contribution in [3.05, 3.63) is 35.8 Å². The molecule has 0 fully saturated rings. The SMILES string of the molecule is Cn1ccc(CNc2ccc(N)c(C#N)n2)n1. The van der Waals surface area contributed by atoms with Gasteiger partial charge >= 0.3 is 0 Å². The summed E-state index contributed by atoms with van der Waals surface area (Å²) in [6.45, 7) is 0.558. The van der Waals surface area contributed by atoms with Crippen LogP contribution in [0.2, 0.25) is 0 Å². The van der Waals surface area contributed by atoms with Crippen molar-refractivity contribution in [2.24, 2.45) is 7.05 Å². The first kappa shape index (κ1) is 11.0. The third kappa shape index (κ3) is 2.52. The lowest BCUT2D eigenvalue weighted by Gasteiger charge is -2.04. The van der Waals surface area contributed by atoms with Crippen LogP contribution in [0.3, 0.4) is 0 Å². The highest BCUT2D eigenvalue weighted by Gasteiger charge is 2.02. The molecule has 2 aromatic rings. The minimum Gasteiger partial charge on any atom is -0.396 e. The van der Waals surface area contributed by atoms with Gasteiger partial charge in [0.15, 0.2) is 5.69 Å². The number of aryl methyl sites for hydroxylation is 1. The van der Waals surface area contributed by atoms with Crippen LogP contribution in [0.5, 0.6) is 0 Å². The number of hydrogen-bond acceptors (Lipinski definition) is 5. The van der Waals surface area contributed by atoms with Crippen LogP contribution in [0.4, 0.5) is 11.5 Å². The maximum absolute atomic E-state index is 8.80. The van der Waals surface area contributed by atoms with Gasteiger partial charge in [0.1, 0.15) is 11.9 Å². The van der Waals surface area contributed by atoms with Crippen LogP contribution in [0.1, 0.15) is 11.4 Å². The molecule has 0 spiro atoms. The van der Waals surface area contributed by atoms with Gasteiger partial charge in [-0.2, -0.15) is 10.4 Å². The Morgan fingerprint density at radius 3 is 2.94 bits per heavy atom. The van der Waals surface area contributed by atoms with E-state index in [-0.39, 0.29) is 5.69 Å². The van der Waals surface area contributed by atoms with Crippen LogP contribution in [-0.4, -0.2) is 14.8 Å². The Morgan fingerprint density at radius 1 is 1.47 bits per heavy atom. The first-order valence-electron chi connectivity index (χ1n) is 5.08. The summed E-state index contributed by atoms with van der Waals surface area (Å²) < 4.78 is 1.73. The number of pyridine rings is 1. The first-order chi connectivity index (χ1) is 8.19. The molecule has 0 saturated heterocycles. The zero-order chi connectivity index (χ0) is 12.3. The van der Waals surface area contributed by atoms with Gasteiger partial charge in [-0.1, -0.05) is 0 Å². The number of nitrogens with zero attached hydrogens (tertiary/aromatic N) is 4. The molecule has 0 aromatic carbocycles. The molecular weight excluding hydrogens is 216 g/mol. The summed E-state index contributed by atoms with van der Waals surface area (Å²) in [7, 11) is 1.86. The Hall–Kier alpha value is -2.55. The van der Waals surface area contributed by atoms with E-state index >= 15 is 0 Å². The number of nitriles is 1. The van der Waals surface area contributed by atoms with Gasteiger partial charge in [-0.25, -0.2) is 4.98 Å². The second kappa shape index (κ2) is 4.53. The quantitative estimate of drug-likeness (QED) is 0.813. The van der Waals surface area contributed by atoms with Crippen LogP contribution >= 0.6 is 0 Å². The number of anilines is 2. The number of nitrogen functional groups attached to an aromatic ring is 1. The lowest BCUT2D eigenvalue weighted by atomic mass is 10.3. The molecule has 0 aliphatic heterocycles. The molecule has 0 aliphatic rings. The molecule has 0 atom stereocenters. The monoisotopic (exact) mass is 228 g/mol. The number of nitrogens with two attached hydrogens (primary N) is 1. The maximum Gasteiger partial charge on any atom is 0.165 e. The standard InChI is InChI=1S/C11H12N6/c1-17-5-4-8(16-17)7-14-11-3-2-9(13)10(6-12)15-11/h2-5H,7,13H2,1H3,(H,14,15). The Bertz CT molecular complexity index is 566. The van der Waals surface area contributed by atoms with Gasteiger partial charge in [0.05, 0.1) is 17.9 Å². The fourth-order valence-corrected chi connectivity index (χ4v) is 1.40. The van der Waals surface area contributed by atoms with Crippen LogP contribution < -0.4 is 11.1 Å². The molecular formula is C11H12N6. The number of rotatable bonds is 3. The molecule has 0 radical (unpaired) electrons. The van der Waals surface area contributed by atoms with E-state index in [1.54, 1.807) is 16.8 Å². The largest absolute Gasteiger partial charge is 0.396 e.